The predicted octanol–water partition coefficient (Wildman–Crippen LogP) is 7.56. The van der Waals surface area contributed by atoms with E-state index in [1.807, 2.05) is 12.3 Å². The molecule has 0 N–H and O–H groups in total. The quantitative estimate of drug-likeness (QED) is 0.284. The predicted molar refractivity (Wildman–Crippen MR) is 111 cm³/mol. The first-order valence-electron chi connectivity index (χ1n) is 10.1. The number of furan rings is 1. The van der Waals surface area contributed by atoms with Gasteiger partial charge in [-0.1, -0.05) is 0 Å². The summed E-state index contributed by atoms with van der Waals surface area (Å²) in [7, 11) is -1.61. The van der Waals surface area contributed by atoms with Gasteiger partial charge < -0.3 is 0 Å². The van der Waals surface area contributed by atoms with Crippen LogP contribution in [0.4, 0.5) is 0 Å². The molecule has 140 valence electrons. The monoisotopic (exact) mass is 460 g/mol. The van der Waals surface area contributed by atoms with Crippen LogP contribution in [0, 0.1) is 0 Å². The van der Waals surface area contributed by atoms with Crippen LogP contribution in [0.3, 0.4) is 0 Å². The van der Waals surface area contributed by atoms with Crippen LogP contribution in [0.25, 0.3) is 0 Å². The molecule has 0 aliphatic rings. The molecule has 4 heteroatoms. The fourth-order valence-electron chi connectivity index (χ4n) is 3.63. The summed E-state index contributed by atoms with van der Waals surface area (Å²) in [4.78, 5) is 0. The summed E-state index contributed by atoms with van der Waals surface area (Å²) in [5, 5.41) is 0. The van der Waals surface area contributed by atoms with Crippen molar-refractivity contribution in [2.24, 2.45) is 0 Å². The third kappa shape index (κ3) is 7.24. The molecule has 2 nitrogen and oxygen atoms in total. The standard InChI is InChI=1S/C8H13O2Si.3C4H9.Sn/c1-11(2,3)10-7-8-5-4-6-9-8;3*1-3-4-2;/h4-7H,1-3H3;3*1,3-4H2,2H3;. The average molecular weight is 459 g/mol. The summed E-state index contributed by atoms with van der Waals surface area (Å²) in [6.45, 7) is 14.0. The van der Waals surface area contributed by atoms with Gasteiger partial charge in [-0.2, -0.15) is 0 Å². The summed E-state index contributed by atoms with van der Waals surface area (Å²) in [6, 6.07) is 4.23. The summed E-state index contributed by atoms with van der Waals surface area (Å²) in [6.07, 6.45) is 9.85. The van der Waals surface area contributed by atoms with Crippen LogP contribution in [0.5, 0.6) is 0 Å². The first kappa shape index (κ1) is 22.3. The van der Waals surface area contributed by atoms with E-state index in [0.717, 1.165) is 5.76 Å². The van der Waals surface area contributed by atoms with Gasteiger partial charge in [-0.25, -0.2) is 0 Å². The molecule has 0 aromatic carbocycles. The van der Waals surface area contributed by atoms with E-state index >= 15 is 0 Å². The first-order valence-corrected chi connectivity index (χ1v) is 21.2. The molecular weight excluding hydrogens is 419 g/mol. The minimum atomic E-state index is -2.51. The van der Waals surface area contributed by atoms with E-state index in [9.17, 15) is 0 Å². The van der Waals surface area contributed by atoms with E-state index in [0.29, 0.717) is 4.12 Å². The molecule has 24 heavy (non-hydrogen) atoms. The Morgan fingerprint density at radius 2 is 1.46 bits per heavy atom. The van der Waals surface area contributed by atoms with Crippen LogP contribution in [-0.2, 0) is 4.43 Å². The number of hydrogen-bond donors (Lipinski definition) is 0. The molecule has 1 rings (SSSR count). The molecule has 1 heterocycles. The van der Waals surface area contributed by atoms with Gasteiger partial charge in [0.2, 0.25) is 0 Å². The van der Waals surface area contributed by atoms with Gasteiger partial charge in [0.1, 0.15) is 0 Å². The van der Waals surface area contributed by atoms with E-state index in [-0.39, 0.29) is 0 Å². The molecule has 0 aliphatic carbocycles. The molecule has 1 unspecified atom stereocenters. The Morgan fingerprint density at radius 3 is 1.79 bits per heavy atom. The van der Waals surface area contributed by atoms with Crippen molar-refractivity contribution in [3.8, 4) is 0 Å². The normalized spacial score (nSPS) is 14.1. The molecule has 1 atom stereocenters. The summed E-state index contributed by atoms with van der Waals surface area (Å²) in [5.74, 6) is 1.14. The van der Waals surface area contributed by atoms with Crippen LogP contribution in [0.15, 0.2) is 22.8 Å². The third-order valence-corrected chi connectivity index (χ3v) is 22.4. The van der Waals surface area contributed by atoms with Gasteiger partial charge in [-0.05, 0) is 0 Å². The van der Waals surface area contributed by atoms with E-state index in [4.69, 9.17) is 8.84 Å². The molecule has 0 spiro atoms. The van der Waals surface area contributed by atoms with E-state index < -0.39 is 26.7 Å². The molecule has 0 bridgehead atoms. The Bertz CT molecular complexity index is 404. The van der Waals surface area contributed by atoms with Crippen molar-refractivity contribution in [3.63, 3.8) is 0 Å². The maximum absolute atomic E-state index is 6.88. The Kier molecular flexibility index (Phi) is 10.3. The number of unbranched alkanes of at least 4 members (excludes halogenated alkanes) is 3. The van der Waals surface area contributed by atoms with E-state index in [1.165, 1.54) is 51.8 Å². The molecule has 0 radical (unpaired) electrons. The second-order valence-electron chi connectivity index (χ2n) is 8.30. The van der Waals surface area contributed by atoms with Gasteiger partial charge in [0.05, 0.1) is 0 Å². The minimum absolute atomic E-state index is 0.325. The van der Waals surface area contributed by atoms with Gasteiger partial charge in [-0.15, -0.1) is 0 Å². The zero-order chi connectivity index (χ0) is 18.1. The van der Waals surface area contributed by atoms with Gasteiger partial charge in [-0.3, -0.25) is 0 Å². The van der Waals surface area contributed by atoms with Crippen molar-refractivity contribution in [2.75, 3.05) is 0 Å². The van der Waals surface area contributed by atoms with Gasteiger partial charge in [0, 0.05) is 0 Å². The first-order chi connectivity index (χ1) is 11.4. The average Bonchev–Trinajstić information content (AvgIpc) is 3.06. The van der Waals surface area contributed by atoms with Crippen molar-refractivity contribution in [3.05, 3.63) is 24.2 Å². The summed E-state index contributed by atoms with van der Waals surface area (Å²) >= 11 is -2.51. The molecule has 0 amide bonds. The molecule has 0 aliphatic heterocycles. The fourth-order valence-corrected chi connectivity index (χ4v) is 25.5. The summed E-state index contributed by atoms with van der Waals surface area (Å²) < 4.78 is 17.5. The molecule has 0 saturated heterocycles. The Labute approximate surface area is 155 Å². The van der Waals surface area contributed by atoms with E-state index in [1.54, 1.807) is 0 Å². The zero-order valence-electron chi connectivity index (χ0n) is 17.0. The van der Waals surface area contributed by atoms with Crippen molar-refractivity contribution >= 4 is 26.7 Å². The fraction of sp³-hybridized carbons (Fsp3) is 0.800. The molecule has 1 aromatic rings. The SMILES string of the molecule is CCC[CH2][Sn]([CH2]CCC)([CH2]CCC)[CH](O[Si](C)(C)C)c1ccco1. The number of hydrogen-bond acceptors (Lipinski definition) is 2. The molecule has 0 saturated carbocycles. The van der Waals surface area contributed by atoms with E-state index in [2.05, 4.69) is 46.5 Å². The topological polar surface area (TPSA) is 22.4 Å². The van der Waals surface area contributed by atoms with Gasteiger partial charge >= 0.3 is 156 Å². The van der Waals surface area contributed by atoms with Gasteiger partial charge in [0.15, 0.2) is 0 Å². The van der Waals surface area contributed by atoms with Crippen molar-refractivity contribution in [1.82, 2.24) is 0 Å². The molecule has 1 aromatic heterocycles. The van der Waals surface area contributed by atoms with Gasteiger partial charge in [0.25, 0.3) is 0 Å². The molecular formula is C20H40O2SiSn. The Morgan fingerprint density at radius 1 is 0.958 bits per heavy atom. The maximum atomic E-state index is 6.88. The van der Waals surface area contributed by atoms with Crippen LogP contribution in [0.2, 0.25) is 33.0 Å². The number of rotatable bonds is 13. The van der Waals surface area contributed by atoms with Crippen LogP contribution in [-0.4, -0.2) is 26.7 Å². The van der Waals surface area contributed by atoms with Crippen molar-refractivity contribution in [2.45, 2.75) is 96.4 Å². The van der Waals surface area contributed by atoms with Crippen LogP contribution in [0.1, 0.15) is 69.2 Å². The Balaban J connectivity index is 3.22. The third-order valence-electron chi connectivity index (χ3n) is 4.91. The van der Waals surface area contributed by atoms with Crippen molar-refractivity contribution in [1.29, 1.82) is 0 Å². The molecule has 0 fully saturated rings. The summed E-state index contributed by atoms with van der Waals surface area (Å²) in [5.41, 5.74) is 0. The van der Waals surface area contributed by atoms with Crippen LogP contribution < -0.4 is 0 Å². The second kappa shape index (κ2) is 11.1. The van der Waals surface area contributed by atoms with Crippen LogP contribution >= 0.6 is 0 Å². The van der Waals surface area contributed by atoms with Crippen molar-refractivity contribution < 1.29 is 8.84 Å². The second-order valence-corrected chi connectivity index (χ2v) is 26.3. The zero-order valence-corrected chi connectivity index (χ0v) is 20.8. The Hall–Kier alpha value is 0.256.